The number of carbonyl (C=O) groups excluding carboxylic acids is 1. The number of alkyl halides is 3. The number of nitrogens with zero attached hydrogens (tertiary/aromatic N) is 5. The summed E-state index contributed by atoms with van der Waals surface area (Å²) in [4.78, 5) is 20.9. The molecule has 6 rings (SSSR count). The molecule has 4 heterocycles. The lowest BCUT2D eigenvalue weighted by atomic mass is 9.71. The number of amides is 1. The smallest absolute Gasteiger partial charge is 0.365 e. The van der Waals surface area contributed by atoms with E-state index in [9.17, 15) is 18.0 Å². The molecule has 3 fully saturated rings. The minimum atomic E-state index is -4.42. The maximum Gasteiger partial charge on any atom is 0.417 e. The molecule has 33 heavy (non-hydrogen) atoms. The third-order valence-corrected chi connectivity index (χ3v) is 7.31. The summed E-state index contributed by atoms with van der Waals surface area (Å²) in [7, 11) is 0. The minimum Gasteiger partial charge on any atom is -0.365 e. The van der Waals surface area contributed by atoms with Crippen LogP contribution in [0.25, 0.3) is 5.82 Å². The molecule has 1 amide bonds. The minimum absolute atomic E-state index is 0.0221. The van der Waals surface area contributed by atoms with E-state index in [0.717, 1.165) is 25.1 Å². The first-order chi connectivity index (χ1) is 15.8. The van der Waals surface area contributed by atoms with Crippen LogP contribution in [-0.2, 0) is 11.0 Å². The van der Waals surface area contributed by atoms with Gasteiger partial charge < -0.3 is 15.5 Å². The molecule has 8 nitrogen and oxygen atoms in total. The maximum atomic E-state index is 13.7. The van der Waals surface area contributed by atoms with Gasteiger partial charge in [0.05, 0.1) is 29.6 Å². The highest BCUT2D eigenvalue weighted by molar-refractivity contribution is 6.02. The van der Waals surface area contributed by atoms with E-state index in [0.29, 0.717) is 29.7 Å². The molecule has 2 N–H and O–H groups in total. The van der Waals surface area contributed by atoms with E-state index in [4.69, 9.17) is 0 Å². The molecule has 0 aromatic carbocycles. The van der Waals surface area contributed by atoms with Crippen molar-refractivity contribution in [2.75, 3.05) is 11.9 Å². The lowest BCUT2D eigenvalue weighted by Crippen LogP contribution is -2.60. The molecule has 0 bridgehead atoms. The van der Waals surface area contributed by atoms with Crippen LogP contribution in [-0.4, -0.2) is 55.5 Å². The summed E-state index contributed by atoms with van der Waals surface area (Å²) in [5, 5.41) is 14.9. The van der Waals surface area contributed by atoms with Crippen LogP contribution in [0, 0.1) is 11.3 Å². The van der Waals surface area contributed by atoms with Crippen LogP contribution < -0.4 is 10.6 Å². The molecule has 5 atom stereocenters. The fourth-order valence-corrected chi connectivity index (χ4v) is 5.68. The Bertz CT molecular complexity index is 1160. The first-order valence-electron chi connectivity index (χ1n) is 10.9. The fraction of sp³-hybridized carbons (Fsp3) is 0.455. The Kier molecular flexibility index (Phi) is 4.18. The van der Waals surface area contributed by atoms with Gasteiger partial charge in [-0.05, 0) is 49.3 Å². The number of piperidine rings is 1. The first kappa shape index (κ1) is 20.3. The van der Waals surface area contributed by atoms with Gasteiger partial charge in [0.1, 0.15) is 5.82 Å². The second-order valence-electron chi connectivity index (χ2n) is 9.29. The monoisotopic (exact) mass is 457 g/mol. The molecule has 11 heteroatoms. The predicted molar refractivity (Wildman–Crippen MR) is 112 cm³/mol. The van der Waals surface area contributed by atoms with Crippen LogP contribution in [0.4, 0.5) is 19.0 Å². The van der Waals surface area contributed by atoms with E-state index < -0.39 is 11.7 Å². The summed E-state index contributed by atoms with van der Waals surface area (Å²) in [5.74, 6) is 1.30. The quantitative estimate of drug-likeness (QED) is 0.734. The molecule has 2 aliphatic carbocycles. The van der Waals surface area contributed by atoms with Crippen LogP contribution in [0.5, 0.6) is 0 Å². The Labute approximate surface area is 187 Å². The Balaban J connectivity index is 1.24. The molecule has 172 valence electrons. The molecule has 5 unspecified atom stereocenters. The molecule has 4 aliphatic rings. The number of rotatable bonds is 4. The van der Waals surface area contributed by atoms with Crippen molar-refractivity contribution < 1.29 is 18.0 Å². The maximum absolute atomic E-state index is 13.7. The number of halogens is 3. The second-order valence-corrected chi connectivity index (χ2v) is 9.29. The summed E-state index contributed by atoms with van der Waals surface area (Å²) >= 11 is 0. The van der Waals surface area contributed by atoms with E-state index in [1.54, 1.807) is 12.4 Å². The zero-order valence-electron chi connectivity index (χ0n) is 17.8. The normalized spacial score (nSPS) is 32.1. The number of nitrogens with one attached hydrogen (secondary N) is 2. The van der Waals surface area contributed by atoms with Gasteiger partial charge in [-0.1, -0.05) is 6.08 Å². The number of aromatic nitrogens is 4. The van der Waals surface area contributed by atoms with Crippen molar-refractivity contribution in [2.45, 2.75) is 44.1 Å². The van der Waals surface area contributed by atoms with Gasteiger partial charge in [-0.25, -0.2) is 4.98 Å². The molecule has 0 radical (unpaired) electrons. The number of pyridine rings is 1. The van der Waals surface area contributed by atoms with Gasteiger partial charge in [0.2, 0.25) is 0 Å². The van der Waals surface area contributed by atoms with Crippen molar-refractivity contribution in [1.29, 1.82) is 0 Å². The van der Waals surface area contributed by atoms with E-state index in [-0.39, 0.29) is 29.4 Å². The van der Waals surface area contributed by atoms with Crippen molar-refractivity contribution in [3.8, 4) is 0 Å². The Morgan fingerprint density at radius 3 is 2.73 bits per heavy atom. The van der Waals surface area contributed by atoms with Crippen molar-refractivity contribution in [2.24, 2.45) is 11.3 Å². The van der Waals surface area contributed by atoms with Crippen LogP contribution >= 0.6 is 0 Å². The van der Waals surface area contributed by atoms with Crippen LogP contribution in [0.15, 0.2) is 48.4 Å². The second kappa shape index (κ2) is 6.82. The number of likely N-dealkylation sites (tertiary alicyclic amines) is 1. The summed E-state index contributed by atoms with van der Waals surface area (Å²) in [6.45, 7) is 2.65. The van der Waals surface area contributed by atoms with Gasteiger partial charge in [0.15, 0.2) is 5.82 Å². The van der Waals surface area contributed by atoms with Crippen molar-refractivity contribution in [3.05, 3.63) is 54.0 Å². The summed E-state index contributed by atoms with van der Waals surface area (Å²) in [6, 6.07) is 2.32. The fourth-order valence-electron chi connectivity index (χ4n) is 5.68. The highest BCUT2D eigenvalue weighted by atomic mass is 19.4. The summed E-state index contributed by atoms with van der Waals surface area (Å²) in [5.41, 5.74) is -0.169. The predicted octanol–water partition coefficient (Wildman–Crippen LogP) is 2.51. The largest absolute Gasteiger partial charge is 0.417 e. The number of carbonyl (C=O) groups is 1. The first-order valence-corrected chi connectivity index (χ1v) is 10.9. The van der Waals surface area contributed by atoms with Crippen LogP contribution in [0.1, 0.15) is 25.3 Å². The Morgan fingerprint density at radius 2 is 2.03 bits per heavy atom. The SMILES string of the molecule is CC1C=CC(C(=O)N2CC3CC34CC(Nc3ccc(C(F)(F)F)cn3)C24)=C(n2nccn2)N1. The van der Waals surface area contributed by atoms with Crippen molar-refractivity contribution in [1.82, 2.24) is 30.2 Å². The van der Waals surface area contributed by atoms with Gasteiger partial charge in [0.25, 0.3) is 5.91 Å². The van der Waals surface area contributed by atoms with Crippen molar-refractivity contribution in [3.63, 3.8) is 0 Å². The molecule has 2 aliphatic heterocycles. The number of hydrogen-bond donors (Lipinski definition) is 2. The van der Waals surface area contributed by atoms with Gasteiger partial charge in [-0.15, -0.1) is 4.80 Å². The zero-order valence-corrected chi connectivity index (χ0v) is 17.8. The molecule has 1 spiro atoms. The van der Waals surface area contributed by atoms with Gasteiger partial charge in [-0.2, -0.15) is 23.4 Å². The highest BCUT2D eigenvalue weighted by Crippen LogP contribution is 2.71. The third kappa shape index (κ3) is 3.12. The zero-order chi connectivity index (χ0) is 23.0. The molecular weight excluding hydrogens is 435 g/mol. The van der Waals surface area contributed by atoms with Gasteiger partial charge in [0, 0.05) is 24.8 Å². The molecular formula is C22H22F3N7O. The van der Waals surface area contributed by atoms with E-state index >= 15 is 0 Å². The van der Waals surface area contributed by atoms with E-state index in [1.807, 2.05) is 24.0 Å². The Morgan fingerprint density at radius 1 is 1.24 bits per heavy atom. The average Bonchev–Trinajstić information content (AvgIpc) is 3.14. The highest BCUT2D eigenvalue weighted by Gasteiger charge is 2.75. The number of hydrogen-bond acceptors (Lipinski definition) is 6. The average molecular weight is 457 g/mol. The topological polar surface area (TPSA) is 88.0 Å². The van der Waals surface area contributed by atoms with Crippen LogP contribution in [0.2, 0.25) is 0 Å². The molecule has 2 saturated carbocycles. The lowest BCUT2D eigenvalue weighted by molar-refractivity contribution is -0.137. The summed E-state index contributed by atoms with van der Waals surface area (Å²) < 4.78 is 38.5. The van der Waals surface area contributed by atoms with Crippen molar-refractivity contribution >= 4 is 17.5 Å². The summed E-state index contributed by atoms with van der Waals surface area (Å²) in [6.07, 6.45) is 5.24. The van der Waals surface area contributed by atoms with Gasteiger partial charge in [-0.3, -0.25) is 4.79 Å². The standard InChI is InChI=1S/C22H22F3N7O/c1-12-2-4-15(19(29-12)32-27-6-7-28-32)20(33)31-11-14-8-21(14)9-16(18(21)31)30-17-5-3-13(10-26-17)22(23,24)25/h2-7,10,12,14,16,18,29H,8-9,11H2,1H3,(H,26,30). The number of anilines is 1. The third-order valence-electron chi connectivity index (χ3n) is 7.31. The Hall–Kier alpha value is -3.37. The molecule has 2 aromatic rings. The van der Waals surface area contributed by atoms with E-state index in [2.05, 4.69) is 25.8 Å². The lowest BCUT2D eigenvalue weighted by Gasteiger charge is -2.48. The number of dihydropyridines is 1. The van der Waals surface area contributed by atoms with Crippen LogP contribution in [0.3, 0.4) is 0 Å². The molecule has 2 aromatic heterocycles. The van der Waals surface area contributed by atoms with Gasteiger partial charge >= 0.3 is 6.18 Å². The van der Waals surface area contributed by atoms with E-state index in [1.165, 1.54) is 10.9 Å². The molecule has 1 saturated heterocycles.